The van der Waals surface area contributed by atoms with Crippen LogP contribution in [0.2, 0.25) is 0 Å². The van der Waals surface area contributed by atoms with Crippen LogP contribution >= 0.6 is 0 Å². The minimum Gasteiger partial charge on any atom is -0.465 e. The number of hydrogen-bond donors (Lipinski definition) is 1. The highest BCUT2D eigenvalue weighted by atomic mass is 16.6. The van der Waals surface area contributed by atoms with Crippen molar-refractivity contribution in [1.29, 1.82) is 0 Å². The standard InChI is InChI=1S/C19H27NO5/c1-19(2,3)25-18(23)20-11-5-6-16(21)15(12-20)13-7-9-14(10-8-13)17(22)24-4/h7-10,15-16,21H,5-6,11-12H2,1-4H3/t15-,16-/m0/s1. The average molecular weight is 349 g/mol. The van der Waals surface area contributed by atoms with Crippen LogP contribution in [0, 0.1) is 0 Å². The molecule has 0 unspecified atom stereocenters. The zero-order chi connectivity index (χ0) is 18.6. The molecule has 25 heavy (non-hydrogen) atoms. The van der Waals surface area contributed by atoms with Crippen LogP contribution in [0.4, 0.5) is 4.79 Å². The number of amides is 1. The molecular weight excluding hydrogens is 322 g/mol. The number of methoxy groups -OCH3 is 1. The number of carbonyl (C=O) groups is 2. The number of hydrogen-bond acceptors (Lipinski definition) is 5. The van der Waals surface area contributed by atoms with E-state index in [2.05, 4.69) is 0 Å². The molecule has 1 heterocycles. The summed E-state index contributed by atoms with van der Waals surface area (Å²) < 4.78 is 10.2. The second kappa shape index (κ2) is 7.87. The largest absolute Gasteiger partial charge is 0.465 e. The molecule has 6 nitrogen and oxygen atoms in total. The first-order valence-electron chi connectivity index (χ1n) is 8.55. The molecule has 1 saturated heterocycles. The number of ether oxygens (including phenoxy) is 2. The van der Waals surface area contributed by atoms with Crippen LogP contribution < -0.4 is 0 Å². The molecule has 2 rings (SSSR count). The molecule has 1 aliphatic heterocycles. The van der Waals surface area contributed by atoms with E-state index in [1.807, 2.05) is 20.8 Å². The van der Waals surface area contributed by atoms with Gasteiger partial charge in [0.2, 0.25) is 0 Å². The Morgan fingerprint density at radius 2 is 1.84 bits per heavy atom. The van der Waals surface area contributed by atoms with E-state index >= 15 is 0 Å². The second-order valence-corrected chi connectivity index (χ2v) is 7.36. The quantitative estimate of drug-likeness (QED) is 0.831. The summed E-state index contributed by atoms with van der Waals surface area (Å²) in [7, 11) is 1.34. The van der Waals surface area contributed by atoms with Crippen LogP contribution in [-0.4, -0.2) is 54.0 Å². The summed E-state index contributed by atoms with van der Waals surface area (Å²) in [4.78, 5) is 25.6. The highest BCUT2D eigenvalue weighted by Gasteiger charge is 2.31. The average Bonchev–Trinajstić information content (AvgIpc) is 2.74. The van der Waals surface area contributed by atoms with Gasteiger partial charge in [0.1, 0.15) is 5.60 Å². The topological polar surface area (TPSA) is 76.1 Å². The number of carbonyl (C=O) groups excluding carboxylic acids is 2. The molecule has 138 valence electrons. The van der Waals surface area contributed by atoms with E-state index in [1.165, 1.54) is 7.11 Å². The van der Waals surface area contributed by atoms with Crippen molar-refractivity contribution in [2.45, 2.75) is 51.2 Å². The van der Waals surface area contributed by atoms with Gasteiger partial charge < -0.3 is 19.5 Å². The molecule has 1 fully saturated rings. The van der Waals surface area contributed by atoms with Crippen molar-refractivity contribution < 1.29 is 24.2 Å². The van der Waals surface area contributed by atoms with Gasteiger partial charge in [0.25, 0.3) is 0 Å². The van der Waals surface area contributed by atoms with Crippen molar-refractivity contribution in [3.05, 3.63) is 35.4 Å². The number of nitrogens with zero attached hydrogens (tertiary/aromatic N) is 1. The Hall–Kier alpha value is -2.08. The lowest BCUT2D eigenvalue weighted by molar-refractivity contribution is 0.0236. The fourth-order valence-electron chi connectivity index (χ4n) is 2.95. The zero-order valence-corrected chi connectivity index (χ0v) is 15.3. The number of aliphatic hydroxyl groups is 1. The van der Waals surface area contributed by atoms with Gasteiger partial charge in [0.15, 0.2) is 0 Å². The van der Waals surface area contributed by atoms with Gasteiger partial charge in [-0.2, -0.15) is 0 Å². The molecule has 0 radical (unpaired) electrons. The van der Waals surface area contributed by atoms with Crippen LogP contribution in [0.3, 0.4) is 0 Å². The third-order valence-electron chi connectivity index (χ3n) is 4.22. The van der Waals surface area contributed by atoms with E-state index in [1.54, 1.807) is 29.2 Å². The monoisotopic (exact) mass is 349 g/mol. The molecule has 0 aliphatic carbocycles. The highest BCUT2D eigenvalue weighted by Crippen LogP contribution is 2.28. The fraction of sp³-hybridized carbons (Fsp3) is 0.579. The minimum atomic E-state index is -0.556. The van der Waals surface area contributed by atoms with Crippen molar-refractivity contribution in [2.75, 3.05) is 20.2 Å². The first-order valence-corrected chi connectivity index (χ1v) is 8.55. The number of likely N-dealkylation sites (tertiary alicyclic amines) is 1. The van der Waals surface area contributed by atoms with Crippen LogP contribution in [0.1, 0.15) is 55.5 Å². The van der Waals surface area contributed by atoms with E-state index in [0.717, 1.165) is 12.0 Å². The van der Waals surface area contributed by atoms with Crippen molar-refractivity contribution in [1.82, 2.24) is 4.90 Å². The van der Waals surface area contributed by atoms with Crippen LogP contribution in [-0.2, 0) is 9.47 Å². The Kier molecular flexibility index (Phi) is 6.06. The van der Waals surface area contributed by atoms with Gasteiger partial charge in [-0.1, -0.05) is 12.1 Å². The van der Waals surface area contributed by atoms with Crippen LogP contribution in [0.5, 0.6) is 0 Å². The maximum Gasteiger partial charge on any atom is 0.410 e. The lowest BCUT2D eigenvalue weighted by atomic mass is 9.91. The predicted molar refractivity (Wildman–Crippen MR) is 93.6 cm³/mol. The number of esters is 1. The molecule has 1 aliphatic rings. The molecule has 0 saturated carbocycles. The Balaban J connectivity index is 2.17. The normalized spacial score (nSPS) is 21.4. The lowest BCUT2D eigenvalue weighted by Gasteiger charge is -2.29. The highest BCUT2D eigenvalue weighted by molar-refractivity contribution is 5.89. The van der Waals surface area contributed by atoms with E-state index in [9.17, 15) is 14.7 Å². The molecule has 1 N–H and O–H groups in total. The summed E-state index contributed by atoms with van der Waals surface area (Å²) in [5.41, 5.74) is 0.786. The first kappa shape index (κ1) is 19.2. The first-order chi connectivity index (χ1) is 11.7. The summed E-state index contributed by atoms with van der Waals surface area (Å²) in [6.07, 6.45) is 0.425. The van der Waals surface area contributed by atoms with Gasteiger partial charge in [-0.15, -0.1) is 0 Å². The summed E-state index contributed by atoms with van der Waals surface area (Å²) >= 11 is 0. The Bertz CT molecular complexity index is 605. The van der Waals surface area contributed by atoms with Gasteiger partial charge in [0.05, 0.1) is 18.8 Å². The molecule has 1 aromatic carbocycles. The maximum atomic E-state index is 12.4. The molecule has 1 aromatic rings. The molecular formula is C19H27NO5. The predicted octanol–water partition coefficient (Wildman–Crippen LogP) is 2.95. The summed E-state index contributed by atoms with van der Waals surface area (Å²) in [5.74, 6) is -0.620. The van der Waals surface area contributed by atoms with Gasteiger partial charge in [-0.05, 0) is 51.3 Å². The molecule has 1 amide bonds. The SMILES string of the molecule is COC(=O)c1ccc([C@@H]2CN(C(=O)OC(C)(C)C)CCC[C@@H]2O)cc1. The van der Waals surface area contributed by atoms with Gasteiger partial charge in [0, 0.05) is 19.0 Å². The van der Waals surface area contributed by atoms with Gasteiger partial charge >= 0.3 is 12.1 Å². The third-order valence-corrected chi connectivity index (χ3v) is 4.22. The van der Waals surface area contributed by atoms with E-state index in [4.69, 9.17) is 9.47 Å². The summed E-state index contributed by atoms with van der Waals surface area (Å²) in [6, 6.07) is 6.96. The zero-order valence-electron chi connectivity index (χ0n) is 15.3. The van der Waals surface area contributed by atoms with E-state index in [-0.39, 0.29) is 12.0 Å². The lowest BCUT2D eigenvalue weighted by Crippen LogP contribution is -2.39. The third kappa shape index (κ3) is 5.19. The van der Waals surface area contributed by atoms with Crippen molar-refractivity contribution in [2.24, 2.45) is 0 Å². The minimum absolute atomic E-state index is 0.221. The molecule has 6 heteroatoms. The molecule has 0 spiro atoms. The maximum absolute atomic E-state index is 12.4. The second-order valence-electron chi connectivity index (χ2n) is 7.36. The van der Waals surface area contributed by atoms with Gasteiger partial charge in [-0.25, -0.2) is 9.59 Å². The Morgan fingerprint density at radius 1 is 1.20 bits per heavy atom. The van der Waals surface area contributed by atoms with Crippen molar-refractivity contribution in [3.8, 4) is 0 Å². The smallest absolute Gasteiger partial charge is 0.410 e. The molecule has 0 aromatic heterocycles. The number of benzene rings is 1. The van der Waals surface area contributed by atoms with Crippen molar-refractivity contribution in [3.63, 3.8) is 0 Å². The van der Waals surface area contributed by atoms with E-state index < -0.39 is 17.7 Å². The van der Waals surface area contributed by atoms with Crippen LogP contribution in [0.25, 0.3) is 0 Å². The number of aliphatic hydroxyl groups excluding tert-OH is 1. The Morgan fingerprint density at radius 3 is 2.40 bits per heavy atom. The summed E-state index contributed by atoms with van der Waals surface area (Å²) in [5, 5.41) is 10.5. The fourth-order valence-corrected chi connectivity index (χ4v) is 2.95. The molecule has 2 atom stereocenters. The number of rotatable bonds is 2. The van der Waals surface area contributed by atoms with E-state index in [0.29, 0.717) is 25.1 Å². The van der Waals surface area contributed by atoms with Crippen molar-refractivity contribution >= 4 is 12.1 Å². The van der Waals surface area contributed by atoms with Crippen LogP contribution in [0.15, 0.2) is 24.3 Å². The van der Waals surface area contributed by atoms with Gasteiger partial charge in [-0.3, -0.25) is 0 Å². The summed E-state index contributed by atoms with van der Waals surface area (Å²) in [6.45, 7) is 6.44. The molecule has 0 bridgehead atoms. The Labute approximate surface area is 148 Å².